The molecule has 7 heteroatoms. The van der Waals surface area contributed by atoms with Crippen LogP contribution in [0.1, 0.15) is 43.5 Å². The molecule has 23 heavy (non-hydrogen) atoms. The summed E-state index contributed by atoms with van der Waals surface area (Å²) in [7, 11) is -3.54. The zero-order valence-electron chi connectivity index (χ0n) is 13.7. The molecule has 3 N–H and O–H groups in total. The van der Waals surface area contributed by atoms with Gasteiger partial charge in [-0.2, -0.15) is 0 Å². The summed E-state index contributed by atoms with van der Waals surface area (Å²) in [5.41, 5.74) is 6.19. The molecule has 1 amide bonds. The number of hydrogen-bond donors (Lipinski definition) is 2. The molecule has 0 bridgehead atoms. The predicted octanol–water partition coefficient (Wildman–Crippen LogP) is 1.33. The normalized spacial score (nSPS) is 19.8. The van der Waals surface area contributed by atoms with E-state index in [9.17, 15) is 13.2 Å². The molecule has 1 aliphatic rings. The summed E-state index contributed by atoms with van der Waals surface area (Å²) < 4.78 is 27.0. The molecule has 6 nitrogen and oxygen atoms in total. The Morgan fingerprint density at radius 3 is 2.61 bits per heavy atom. The summed E-state index contributed by atoms with van der Waals surface area (Å²) in [5.74, 6) is -0.0863. The maximum atomic E-state index is 12.5. The first-order valence-corrected chi connectivity index (χ1v) is 9.50. The SMILES string of the molecule is CCC(C)NS(=O)(=O)c1ccc(C(=O)N2CCCC2CN)cc1. The molecule has 1 saturated heterocycles. The number of carbonyl (C=O) groups excluding carboxylic acids is 1. The maximum Gasteiger partial charge on any atom is 0.254 e. The standard InChI is InChI=1S/C16H25N3O3S/c1-3-12(2)18-23(21,22)15-8-6-13(7-9-15)16(20)19-10-4-5-14(19)11-17/h6-9,12,14,18H,3-5,10-11,17H2,1-2H3. The first-order chi connectivity index (χ1) is 10.9. The van der Waals surface area contributed by atoms with E-state index in [0.717, 1.165) is 12.8 Å². The van der Waals surface area contributed by atoms with Crippen molar-refractivity contribution in [3.8, 4) is 0 Å². The number of nitrogens with zero attached hydrogens (tertiary/aromatic N) is 1. The number of rotatable bonds is 6. The molecule has 2 unspecified atom stereocenters. The molecule has 2 rings (SSSR count). The first-order valence-electron chi connectivity index (χ1n) is 8.02. The quantitative estimate of drug-likeness (QED) is 0.818. The molecular formula is C16H25N3O3S. The van der Waals surface area contributed by atoms with Crippen molar-refractivity contribution in [2.45, 2.75) is 50.1 Å². The summed E-state index contributed by atoms with van der Waals surface area (Å²) in [6.45, 7) is 4.89. The second-order valence-electron chi connectivity index (χ2n) is 5.99. The van der Waals surface area contributed by atoms with Gasteiger partial charge in [-0.05, 0) is 50.5 Å². The lowest BCUT2D eigenvalue weighted by Gasteiger charge is -2.23. The lowest BCUT2D eigenvalue weighted by atomic mass is 10.1. The number of carbonyl (C=O) groups is 1. The molecule has 128 valence electrons. The van der Waals surface area contributed by atoms with Crippen LogP contribution in [0, 0.1) is 0 Å². The van der Waals surface area contributed by atoms with Gasteiger partial charge in [0, 0.05) is 30.7 Å². The van der Waals surface area contributed by atoms with Crippen molar-refractivity contribution in [2.75, 3.05) is 13.1 Å². The fraction of sp³-hybridized carbons (Fsp3) is 0.562. The van der Waals surface area contributed by atoms with E-state index in [0.29, 0.717) is 25.1 Å². The summed E-state index contributed by atoms with van der Waals surface area (Å²) in [6.07, 6.45) is 2.59. The minimum absolute atomic E-state index is 0.0815. The van der Waals surface area contributed by atoms with Crippen LogP contribution < -0.4 is 10.5 Å². The molecule has 1 aromatic carbocycles. The second kappa shape index (κ2) is 7.42. The van der Waals surface area contributed by atoms with Crippen molar-refractivity contribution >= 4 is 15.9 Å². The van der Waals surface area contributed by atoms with E-state index in [1.165, 1.54) is 12.1 Å². The minimum atomic E-state index is -3.54. The molecule has 0 radical (unpaired) electrons. The molecule has 0 saturated carbocycles. The molecule has 1 aromatic rings. The Kier molecular flexibility index (Phi) is 5.78. The van der Waals surface area contributed by atoms with Crippen LogP contribution in [0.3, 0.4) is 0 Å². The van der Waals surface area contributed by atoms with Crippen LogP contribution in [0.15, 0.2) is 29.2 Å². The Hall–Kier alpha value is -1.44. The Bertz CT molecular complexity index is 643. The molecule has 0 aliphatic carbocycles. The molecule has 1 aliphatic heterocycles. The molecule has 1 fully saturated rings. The third-order valence-corrected chi connectivity index (χ3v) is 5.90. The third kappa shape index (κ3) is 4.10. The van der Waals surface area contributed by atoms with Gasteiger partial charge in [0.1, 0.15) is 0 Å². The molecule has 2 atom stereocenters. The first kappa shape index (κ1) is 17.9. The van der Waals surface area contributed by atoms with Crippen molar-refractivity contribution in [2.24, 2.45) is 5.73 Å². The van der Waals surface area contributed by atoms with E-state index in [1.807, 2.05) is 13.8 Å². The Morgan fingerprint density at radius 2 is 2.04 bits per heavy atom. The number of nitrogens with two attached hydrogens (primary N) is 1. The van der Waals surface area contributed by atoms with E-state index < -0.39 is 10.0 Å². The Labute approximate surface area is 138 Å². The highest BCUT2D eigenvalue weighted by molar-refractivity contribution is 7.89. The zero-order valence-corrected chi connectivity index (χ0v) is 14.5. The van der Waals surface area contributed by atoms with Gasteiger partial charge in [0.15, 0.2) is 0 Å². The van der Waals surface area contributed by atoms with E-state index in [2.05, 4.69) is 4.72 Å². The van der Waals surface area contributed by atoms with Gasteiger partial charge in [0.2, 0.25) is 10.0 Å². The fourth-order valence-corrected chi connectivity index (χ4v) is 4.03. The van der Waals surface area contributed by atoms with E-state index >= 15 is 0 Å². The van der Waals surface area contributed by atoms with Crippen molar-refractivity contribution in [3.05, 3.63) is 29.8 Å². The highest BCUT2D eigenvalue weighted by Gasteiger charge is 2.28. The number of amides is 1. The predicted molar refractivity (Wildman–Crippen MR) is 89.6 cm³/mol. The van der Waals surface area contributed by atoms with Crippen molar-refractivity contribution in [1.29, 1.82) is 0 Å². The van der Waals surface area contributed by atoms with Crippen LogP contribution >= 0.6 is 0 Å². The number of nitrogens with one attached hydrogen (secondary N) is 1. The maximum absolute atomic E-state index is 12.5. The summed E-state index contributed by atoms with van der Waals surface area (Å²) in [6, 6.07) is 6.05. The van der Waals surface area contributed by atoms with Gasteiger partial charge < -0.3 is 10.6 Å². The minimum Gasteiger partial charge on any atom is -0.334 e. The zero-order chi connectivity index (χ0) is 17.0. The van der Waals surface area contributed by atoms with E-state index in [1.54, 1.807) is 17.0 Å². The van der Waals surface area contributed by atoms with Gasteiger partial charge in [0.05, 0.1) is 4.90 Å². The second-order valence-corrected chi connectivity index (χ2v) is 7.70. The van der Waals surface area contributed by atoms with E-state index in [-0.39, 0.29) is 22.9 Å². The highest BCUT2D eigenvalue weighted by atomic mass is 32.2. The topological polar surface area (TPSA) is 92.5 Å². The van der Waals surface area contributed by atoms with Crippen LogP contribution in [0.25, 0.3) is 0 Å². The summed E-state index contributed by atoms with van der Waals surface area (Å²) in [5, 5.41) is 0. The van der Waals surface area contributed by atoms with Crippen LogP contribution in [-0.4, -0.2) is 44.4 Å². The lowest BCUT2D eigenvalue weighted by Crippen LogP contribution is -2.39. The third-order valence-electron chi connectivity index (χ3n) is 4.29. The number of sulfonamides is 1. The van der Waals surface area contributed by atoms with Crippen LogP contribution in [0.2, 0.25) is 0 Å². The van der Waals surface area contributed by atoms with Gasteiger partial charge in [-0.15, -0.1) is 0 Å². The van der Waals surface area contributed by atoms with Gasteiger partial charge in [-0.1, -0.05) is 6.92 Å². The van der Waals surface area contributed by atoms with Gasteiger partial charge in [0.25, 0.3) is 5.91 Å². The van der Waals surface area contributed by atoms with Gasteiger partial charge in [-0.3, -0.25) is 4.79 Å². The average Bonchev–Trinajstić information content (AvgIpc) is 3.02. The van der Waals surface area contributed by atoms with Crippen LogP contribution in [0.5, 0.6) is 0 Å². The monoisotopic (exact) mass is 339 g/mol. The number of benzene rings is 1. The van der Waals surface area contributed by atoms with Gasteiger partial charge >= 0.3 is 0 Å². The summed E-state index contributed by atoms with van der Waals surface area (Å²) in [4.78, 5) is 14.5. The van der Waals surface area contributed by atoms with Crippen molar-refractivity contribution in [3.63, 3.8) is 0 Å². The van der Waals surface area contributed by atoms with Crippen LogP contribution in [-0.2, 0) is 10.0 Å². The largest absolute Gasteiger partial charge is 0.334 e. The molecule has 0 aromatic heterocycles. The lowest BCUT2D eigenvalue weighted by molar-refractivity contribution is 0.0741. The Morgan fingerprint density at radius 1 is 1.39 bits per heavy atom. The molecule has 0 spiro atoms. The highest BCUT2D eigenvalue weighted by Crippen LogP contribution is 2.20. The molecule has 1 heterocycles. The van der Waals surface area contributed by atoms with Gasteiger partial charge in [-0.25, -0.2) is 13.1 Å². The van der Waals surface area contributed by atoms with E-state index in [4.69, 9.17) is 5.73 Å². The number of hydrogen-bond acceptors (Lipinski definition) is 4. The number of likely N-dealkylation sites (tertiary alicyclic amines) is 1. The molecular weight excluding hydrogens is 314 g/mol. The van der Waals surface area contributed by atoms with Crippen molar-refractivity contribution < 1.29 is 13.2 Å². The summed E-state index contributed by atoms with van der Waals surface area (Å²) >= 11 is 0. The Balaban J connectivity index is 2.14. The average molecular weight is 339 g/mol. The fourth-order valence-electron chi connectivity index (χ4n) is 2.71. The van der Waals surface area contributed by atoms with Crippen molar-refractivity contribution in [1.82, 2.24) is 9.62 Å². The smallest absolute Gasteiger partial charge is 0.254 e. The van der Waals surface area contributed by atoms with Crippen LogP contribution in [0.4, 0.5) is 0 Å².